The molecule has 2 heterocycles. The highest BCUT2D eigenvalue weighted by Crippen LogP contribution is 2.21. The quantitative estimate of drug-likeness (QED) is 0.902. The third-order valence-corrected chi connectivity index (χ3v) is 4.83. The number of pyridine rings is 1. The van der Waals surface area contributed by atoms with Gasteiger partial charge < -0.3 is 14.6 Å². The van der Waals surface area contributed by atoms with Crippen molar-refractivity contribution in [2.24, 2.45) is 5.92 Å². The lowest BCUT2D eigenvalue weighted by Gasteiger charge is -2.33. The van der Waals surface area contributed by atoms with E-state index in [1.54, 1.807) is 16.8 Å². The molecular weight excluding hydrogens is 320 g/mol. The molecular formula is C19H22N2O4. The van der Waals surface area contributed by atoms with Gasteiger partial charge in [-0.2, -0.15) is 0 Å². The zero-order chi connectivity index (χ0) is 17.8. The molecule has 0 radical (unpaired) electrons. The number of aromatic nitrogens is 1. The van der Waals surface area contributed by atoms with E-state index in [1.807, 2.05) is 23.1 Å². The highest BCUT2D eigenvalue weighted by molar-refractivity contribution is 5.82. The van der Waals surface area contributed by atoms with E-state index in [0.717, 1.165) is 18.4 Å². The lowest BCUT2D eigenvalue weighted by atomic mass is 9.93. The van der Waals surface area contributed by atoms with Crippen molar-refractivity contribution in [1.29, 1.82) is 0 Å². The Morgan fingerprint density at radius 2 is 2.00 bits per heavy atom. The molecule has 1 aliphatic heterocycles. The Bertz CT molecular complexity index is 843. The van der Waals surface area contributed by atoms with E-state index in [2.05, 4.69) is 0 Å². The lowest BCUT2D eigenvalue weighted by molar-refractivity contribution is -0.137. The van der Waals surface area contributed by atoms with Crippen molar-refractivity contribution in [3.05, 3.63) is 46.8 Å². The first-order valence-electron chi connectivity index (χ1n) is 8.62. The van der Waals surface area contributed by atoms with Crippen LogP contribution in [0.25, 0.3) is 10.9 Å². The Morgan fingerprint density at radius 1 is 1.20 bits per heavy atom. The first kappa shape index (κ1) is 17.2. The maximum Gasteiger partial charge on any atom is 0.303 e. The Hall–Kier alpha value is -2.63. The fourth-order valence-corrected chi connectivity index (χ4v) is 3.50. The van der Waals surface area contributed by atoms with Crippen LogP contribution in [-0.2, 0) is 16.1 Å². The highest BCUT2D eigenvalue weighted by atomic mass is 16.4. The Morgan fingerprint density at radius 3 is 2.80 bits per heavy atom. The number of rotatable bonds is 5. The van der Waals surface area contributed by atoms with Crippen LogP contribution >= 0.6 is 0 Å². The minimum Gasteiger partial charge on any atom is -0.481 e. The summed E-state index contributed by atoms with van der Waals surface area (Å²) in [6.45, 7) is 1.51. The number of carboxylic acid groups (broad SMARTS) is 1. The monoisotopic (exact) mass is 342 g/mol. The summed E-state index contributed by atoms with van der Waals surface area (Å²) in [5, 5.41) is 9.43. The molecule has 0 spiro atoms. The van der Waals surface area contributed by atoms with E-state index >= 15 is 0 Å². The summed E-state index contributed by atoms with van der Waals surface area (Å²) >= 11 is 0. The largest absolute Gasteiger partial charge is 0.481 e. The van der Waals surface area contributed by atoms with Crippen molar-refractivity contribution in [1.82, 2.24) is 9.47 Å². The van der Waals surface area contributed by atoms with Crippen molar-refractivity contribution in [2.45, 2.75) is 32.2 Å². The first-order chi connectivity index (χ1) is 12.0. The molecule has 6 nitrogen and oxygen atoms in total. The number of carbonyl (C=O) groups is 2. The molecule has 1 atom stereocenters. The zero-order valence-electron chi connectivity index (χ0n) is 14.1. The number of fused-ring (bicyclic) bond motifs is 1. The summed E-state index contributed by atoms with van der Waals surface area (Å²) in [6.07, 6.45) is 4.30. The van der Waals surface area contributed by atoms with E-state index in [0.29, 0.717) is 24.9 Å². The maximum atomic E-state index is 12.7. The summed E-state index contributed by atoms with van der Waals surface area (Å²) in [5.41, 5.74) is 0.703. The molecule has 0 saturated carbocycles. The molecule has 1 fully saturated rings. The molecule has 25 heavy (non-hydrogen) atoms. The second-order valence-corrected chi connectivity index (χ2v) is 6.61. The molecule has 6 heteroatoms. The second-order valence-electron chi connectivity index (χ2n) is 6.61. The lowest BCUT2D eigenvalue weighted by Crippen LogP contribution is -2.41. The second kappa shape index (κ2) is 7.51. The van der Waals surface area contributed by atoms with Crippen LogP contribution in [-0.4, -0.2) is 39.5 Å². The summed E-state index contributed by atoms with van der Waals surface area (Å²) in [6, 6.07) is 8.76. The Labute approximate surface area is 145 Å². The molecule has 1 saturated heterocycles. The molecule has 1 aromatic heterocycles. The number of likely N-dealkylation sites (tertiary alicyclic amines) is 1. The highest BCUT2D eigenvalue weighted by Gasteiger charge is 2.24. The molecule has 132 valence electrons. The van der Waals surface area contributed by atoms with E-state index < -0.39 is 5.97 Å². The number of hydrogen-bond donors (Lipinski definition) is 1. The van der Waals surface area contributed by atoms with Gasteiger partial charge in [-0.1, -0.05) is 12.1 Å². The average molecular weight is 342 g/mol. The number of aliphatic carboxylic acids is 1. The molecule has 0 aliphatic carbocycles. The van der Waals surface area contributed by atoms with Gasteiger partial charge in [0, 0.05) is 37.2 Å². The first-order valence-corrected chi connectivity index (χ1v) is 8.62. The molecule has 0 unspecified atom stereocenters. The summed E-state index contributed by atoms with van der Waals surface area (Å²) in [4.78, 5) is 37.2. The number of carboxylic acids is 1. The molecule has 3 rings (SSSR count). The van der Waals surface area contributed by atoms with Crippen LogP contribution in [0.15, 0.2) is 41.3 Å². The van der Waals surface area contributed by atoms with Gasteiger partial charge in [-0.3, -0.25) is 14.4 Å². The summed E-state index contributed by atoms with van der Waals surface area (Å²) < 4.78 is 1.81. The predicted molar refractivity (Wildman–Crippen MR) is 94.4 cm³/mol. The van der Waals surface area contributed by atoms with Crippen LogP contribution in [0, 0.1) is 5.92 Å². The van der Waals surface area contributed by atoms with Gasteiger partial charge in [0.1, 0.15) is 6.54 Å². The number of carbonyl (C=O) groups excluding carboxylic acids is 1. The molecule has 1 aliphatic rings. The summed E-state index contributed by atoms with van der Waals surface area (Å²) in [7, 11) is 0. The molecule has 0 bridgehead atoms. The van der Waals surface area contributed by atoms with Crippen LogP contribution in [0.3, 0.4) is 0 Å². The van der Waals surface area contributed by atoms with Crippen LogP contribution in [0.1, 0.15) is 25.7 Å². The SMILES string of the molecule is O=C(O)CC[C@@H]1CCCN(C(=O)Cn2ccc(=O)c3ccccc32)C1. The van der Waals surface area contributed by atoms with Gasteiger partial charge in [0.2, 0.25) is 5.91 Å². The van der Waals surface area contributed by atoms with Gasteiger partial charge in [0.15, 0.2) is 5.43 Å². The van der Waals surface area contributed by atoms with E-state index in [4.69, 9.17) is 5.11 Å². The number of piperidine rings is 1. The molecule has 1 amide bonds. The molecule has 2 aromatic rings. The fraction of sp³-hybridized carbons (Fsp3) is 0.421. The number of para-hydroxylation sites is 1. The summed E-state index contributed by atoms with van der Waals surface area (Å²) in [5.74, 6) is -0.531. The van der Waals surface area contributed by atoms with Crippen LogP contribution in [0.4, 0.5) is 0 Å². The van der Waals surface area contributed by atoms with E-state index in [9.17, 15) is 14.4 Å². The maximum absolute atomic E-state index is 12.7. The van der Waals surface area contributed by atoms with Crippen LogP contribution in [0.5, 0.6) is 0 Å². The normalized spacial score (nSPS) is 17.6. The minimum atomic E-state index is -0.789. The number of amides is 1. The van der Waals surface area contributed by atoms with Gasteiger partial charge >= 0.3 is 5.97 Å². The number of benzene rings is 1. The van der Waals surface area contributed by atoms with Gasteiger partial charge in [-0.15, -0.1) is 0 Å². The number of hydrogen-bond acceptors (Lipinski definition) is 3. The number of nitrogens with zero attached hydrogens (tertiary/aromatic N) is 2. The zero-order valence-corrected chi connectivity index (χ0v) is 14.1. The standard InChI is InChI=1S/C19H22N2O4/c22-17-9-11-20(16-6-2-1-5-15(16)17)13-18(23)21-10-3-4-14(12-21)7-8-19(24)25/h1-2,5-6,9,11,14H,3-4,7-8,10,12-13H2,(H,24,25)/t14-/m0/s1. The van der Waals surface area contributed by atoms with Gasteiger partial charge in [-0.25, -0.2) is 0 Å². The van der Waals surface area contributed by atoms with Gasteiger partial charge in [-0.05, 0) is 37.3 Å². The topological polar surface area (TPSA) is 79.6 Å². The minimum absolute atomic E-state index is 0.00817. The van der Waals surface area contributed by atoms with Crippen molar-refractivity contribution in [3.63, 3.8) is 0 Å². The van der Waals surface area contributed by atoms with Crippen LogP contribution < -0.4 is 5.43 Å². The van der Waals surface area contributed by atoms with Gasteiger partial charge in [0.25, 0.3) is 0 Å². The van der Waals surface area contributed by atoms with Crippen molar-refractivity contribution in [3.8, 4) is 0 Å². The third kappa shape index (κ3) is 4.07. The van der Waals surface area contributed by atoms with Crippen molar-refractivity contribution < 1.29 is 14.7 Å². The van der Waals surface area contributed by atoms with E-state index in [-0.39, 0.29) is 30.2 Å². The van der Waals surface area contributed by atoms with Crippen molar-refractivity contribution in [2.75, 3.05) is 13.1 Å². The fourth-order valence-electron chi connectivity index (χ4n) is 3.50. The van der Waals surface area contributed by atoms with Crippen molar-refractivity contribution >= 4 is 22.8 Å². The van der Waals surface area contributed by atoms with Gasteiger partial charge in [0.05, 0.1) is 5.52 Å². The predicted octanol–water partition coefficient (Wildman–Crippen LogP) is 2.10. The molecule has 1 N–H and O–H groups in total. The Balaban J connectivity index is 1.71. The third-order valence-electron chi connectivity index (χ3n) is 4.83. The molecule has 1 aromatic carbocycles. The average Bonchev–Trinajstić information content (AvgIpc) is 2.63. The van der Waals surface area contributed by atoms with Crippen LogP contribution in [0.2, 0.25) is 0 Å². The Kier molecular flexibility index (Phi) is 5.16. The van der Waals surface area contributed by atoms with E-state index in [1.165, 1.54) is 6.07 Å². The smallest absolute Gasteiger partial charge is 0.303 e.